The summed E-state index contributed by atoms with van der Waals surface area (Å²) in [6.45, 7) is 2.79. The van der Waals surface area contributed by atoms with Gasteiger partial charge in [0.05, 0.1) is 17.7 Å². The number of ether oxygens (including phenoxy) is 1. The van der Waals surface area contributed by atoms with E-state index in [1.54, 1.807) is 0 Å². The van der Waals surface area contributed by atoms with E-state index >= 15 is 0 Å². The molecule has 0 aliphatic carbocycles. The molecular weight excluding hydrogens is 364 g/mol. The Morgan fingerprint density at radius 1 is 1.21 bits per heavy atom. The van der Waals surface area contributed by atoms with Crippen LogP contribution in [-0.2, 0) is 6.54 Å². The lowest BCUT2D eigenvalue weighted by Gasteiger charge is -2.44. The van der Waals surface area contributed by atoms with Crippen LogP contribution < -0.4 is 4.74 Å². The topological polar surface area (TPSA) is 36.3 Å². The molecule has 0 aromatic heterocycles. The lowest BCUT2D eigenvalue weighted by Crippen LogP contribution is -2.48. The van der Waals surface area contributed by atoms with Crippen LogP contribution in [0.15, 0.2) is 46.9 Å². The minimum absolute atomic E-state index is 0.392. The number of fused-ring (bicyclic) bond motifs is 3. The van der Waals surface area contributed by atoms with Crippen LogP contribution in [0.1, 0.15) is 35.4 Å². The summed E-state index contributed by atoms with van der Waals surface area (Å²) in [5, 5.41) is 9.20. The quantitative estimate of drug-likeness (QED) is 0.768. The Hall–Kier alpha value is -1.83. The zero-order chi connectivity index (χ0) is 16.5. The van der Waals surface area contributed by atoms with Crippen LogP contribution in [0, 0.1) is 11.3 Å². The van der Waals surface area contributed by atoms with Gasteiger partial charge in [-0.3, -0.25) is 4.90 Å². The summed E-state index contributed by atoms with van der Waals surface area (Å²) in [5.41, 5.74) is 3.27. The number of rotatable bonds is 2. The van der Waals surface area contributed by atoms with Crippen molar-refractivity contribution < 1.29 is 4.74 Å². The Kier molecular flexibility index (Phi) is 4.30. The molecule has 4 heteroatoms. The van der Waals surface area contributed by atoms with E-state index in [0.717, 1.165) is 35.5 Å². The second kappa shape index (κ2) is 6.58. The second-order valence-corrected chi connectivity index (χ2v) is 7.50. The molecular formula is C20H19BrN2O. The number of benzene rings is 2. The number of hydrogen-bond acceptors (Lipinski definition) is 3. The lowest BCUT2D eigenvalue weighted by molar-refractivity contribution is 0.0600. The Morgan fingerprint density at radius 3 is 2.83 bits per heavy atom. The van der Waals surface area contributed by atoms with Crippen LogP contribution >= 0.6 is 15.9 Å². The SMILES string of the molecule is N#Cc1ccc2c(c1)[C@@H]1CCCN(Cc3ccc(Br)cc3)[C@H]1CO2. The first-order valence-corrected chi connectivity index (χ1v) is 9.19. The summed E-state index contributed by atoms with van der Waals surface area (Å²) >= 11 is 3.50. The molecule has 2 aromatic rings. The van der Waals surface area contributed by atoms with Gasteiger partial charge in [-0.1, -0.05) is 28.1 Å². The molecule has 0 saturated carbocycles. The molecule has 2 aliphatic rings. The Morgan fingerprint density at radius 2 is 2.04 bits per heavy atom. The Balaban J connectivity index is 1.59. The lowest BCUT2D eigenvalue weighted by atomic mass is 9.81. The summed E-state index contributed by atoms with van der Waals surface area (Å²) in [6, 6.07) is 17.0. The maximum Gasteiger partial charge on any atom is 0.123 e. The molecule has 2 atom stereocenters. The molecule has 0 unspecified atom stereocenters. The van der Waals surface area contributed by atoms with Crippen molar-refractivity contribution >= 4 is 15.9 Å². The molecule has 2 heterocycles. The third kappa shape index (κ3) is 2.94. The molecule has 3 nitrogen and oxygen atoms in total. The summed E-state index contributed by atoms with van der Waals surface area (Å²) < 4.78 is 7.13. The van der Waals surface area contributed by atoms with Crippen LogP contribution in [-0.4, -0.2) is 24.1 Å². The number of nitriles is 1. The zero-order valence-corrected chi connectivity index (χ0v) is 15.0. The highest BCUT2D eigenvalue weighted by molar-refractivity contribution is 9.10. The van der Waals surface area contributed by atoms with E-state index in [1.165, 1.54) is 24.0 Å². The second-order valence-electron chi connectivity index (χ2n) is 6.59. The normalized spacial score (nSPS) is 22.8. The van der Waals surface area contributed by atoms with Crippen molar-refractivity contribution in [3.05, 3.63) is 63.6 Å². The van der Waals surface area contributed by atoms with E-state index < -0.39 is 0 Å². The van der Waals surface area contributed by atoms with Crippen LogP contribution in [0.25, 0.3) is 0 Å². The zero-order valence-electron chi connectivity index (χ0n) is 13.4. The number of hydrogen-bond donors (Lipinski definition) is 0. The first-order chi connectivity index (χ1) is 11.7. The van der Waals surface area contributed by atoms with Crippen molar-refractivity contribution in [2.45, 2.75) is 31.3 Å². The van der Waals surface area contributed by atoms with Crippen LogP contribution in [0.3, 0.4) is 0 Å². The van der Waals surface area contributed by atoms with Crippen molar-refractivity contribution in [3.63, 3.8) is 0 Å². The van der Waals surface area contributed by atoms with E-state index in [4.69, 9.17) is 4.74 Å². The highest BCUT2D eigenvalue weighted by atomic mass is 79.9. The summed E-state index contributed by atoms with van der Waals surface area (Å²) in [6.07, 6.45) is 2.36. The van der Waals surface area contributed by atoms with Gasteiger partial charge in [-0.15, -0.1) is 0 Å². The van der Waals surface area contributed by atoms with Crippen molar-refractivity contribution in [3.8, 4) is 11.8 Å². The fourth-order valence-electron chi connectivity index (χ4n) is 3.95. The van der Waals surface area contributed by atoms with E-state index in [1.807, 2.05) is 18.2 Å². The highest BCUT2D eigenvalue weighted by Gasteiger charge is 2.37. The summed E-state index contributed by atoms with van der Waals surface area (Å²) in [5.74, 6) is 1.42. The fourth-order valence-corrected chi connectivity index (χ4v) is 4.21. The maximum atomic E-state index is 9.20. The largest absolute Gasteiger partial charge is 0.492 e. The van der Waals surface area contributed by atoms with Crippen LogP contribution in [0.2, 0.25) is 0 Å². The van der Waals surface area contributed by atoms with Crippen LogP contribution in [0.4, 0.5) is 0 Å². The molecule has 0 spiro atoms. The molecule has 1 saturated heterocycles. The Labute approximate surface area is 151 Å². The molecule has 24 heavy (non-hydrogen) atoms. The summed E-state index contributed by atoms with van der Waals surface area (Å²) in [7, 11) is 0. The maximum absolute atomic E-state index is 9.20. The van der Waals surface area contributed by atoms with Gasteiger partial charge in [-0.2, -0.15) is 5.26 Å². The predicted octanol–water partition coefficient (Wildman–Crippen LogP) is 4.46. The van der Waals surface area contributed by atoms with Crippen molar-refractivity contribution in [1.82, 2.24) is 4.90 Å². The molecule has 2 aliphatic heterocycles. The van der Waals surface area contributed by atoms with Gasteiger partial charge in [0, 0.05) is 22.5 Å². The standard InChI is InChI=1S/C20H19BrN2O/c21-16-6-3-14(4-7-16)12-23-9-1-2-17-18-10-15(11-22)5-8-20(18)24-13-19(17)23/h3-8,10,17,19H,1-2,9,12-13H2/t17-,19-/m0/s1. The smallest absolute Gasteiger partial charge is 0.123 e. The average molecular weight is 383 g/mol. The predicted molar refractivity (Wildman–Crippen MR) is 97.0 cm³/mol. The first-order valence-electron chi connectivity index (χ1n) is 8.40. The molecule has 0 bridgehead atoms. The van der Waals surface area contributed by atoms with Gasteiger partial charge in [-0.25, -0.2) is 0 Å². The summed E-state index contributed by atoms with van der Waals surface area (Å²) in [4.78, 5) is 2.54. The third-order valence-corrected chi connectivity index (χ3v) is 5.67. The minimum Gasteiger partial charge on any atom is -0.492 e. The molecule has 4 rings (SSSR count). The van der Waals surface area contributed by atoms with Crippen molar-refractivity contribution in [2.75, 3.05) is 13.2 Å². The molecule has 2 aromatic carbocycles. The average Bonchev–Trinajstić information content (AvgIpc) is 2.63. The number of halogens is 1. The van der Waals surface area contributed by atoms with Gasteiger partial charge in [0.25, 0.3) is 0 Å². The van der Waals surface area contributed by atoms with Gasteiger partial charge in [0.15, 0.2) is 0 Å². The molecule has 122 valence electrons. The van der Waals surface area contributed by atoms with E-state index in [2.05, 4.69) is 51.2 Å². The van der Waals surface area contributed by atoms with Gasteiger partial charge in [0.2, 0.25) is 0 Å². The van der Waals surface area contributed by atoms with E-state index in [9.17, 15) is 5.26 Å². The fraction of sp³-hybridized carbons (Fsp3) is 0.350. The molecule has 0 amide bonds. The van der Waals surface area contributed by atoms with E-state index in [0.29, 0.717) is 12.0 Å². The Bertz CT molecular complexity index is 781. The number of piperidine rings is 1. The molecule has 0 N–H and O–H groups in total. The van der Waals surface area contributed by atoms with Crippen molar-refractivity contribution in [2.24, 2.45) is 0 Å². The monoisotopic (exact) mass is 382 g/mol. The number of nitrogens with zero attached hydrogens (tertiary/aromatic N) is 2. The van der Waals surface area contributed by atoms with Crippen LogP contribution in [0.5, 0.6) is 5.75 Å². The van der Waals surface area contributed by atoms with Gasteiger partial charge >= 0.3 is 0 Å². The number of likely N-dealkylation sites (tertiary alicyclic amines) is 1. The minimum atomic E-state index is 0.392. The van der Waals surface area contributed by atoms with Crippen molar-refractivity contribution in [1.29, 1.82) is 5.26 Å². The van der Waals surface area contributed by atoms with Gasteiger partial charge in [0.1, 0.15) is 12.4 Å². The highest BCUT2D eigenvalue weighted by Crippen LogP contribution is 2.42. The molecule has 0 radical (unpaired) electrons. The van der Waals surface area contributed by atoms with E-state index in [-0.39, 0.29) is 0 Å². The van der Waals surface area contributed by atoms with Gasteiger partial charge < -0.3 is 4.74 Å². The first kappa shape index (κ1) is 15.7. The molecule has 1 fully saturated rings. The third-order valence-electron chi connectivity index (χ3n) is 5.14. The van der Waals surface area contributed by atoms with Gasteiger partial charge in [-0.05, 0) is 55.3 Å².